The van der Waals surface area contributed by atoms with Crippen LogP contribution in [-0.2, 0) is 11.2 Å². The number of hydrogen-bond donors (Lipinski definition) is 1. The fourth-order valence-electron chi connectivity index (χ4n) is 1.89. The number of ketones is 1. The highest BCUT2D eigenvalue weighted by Gasteiger charge is 2.28. The lowest BCUT2D eigenvalue weighted by Crippen LogP contribution is -2.40. The summed E-state index contributed by atoms with van der Waals surface area (Å²) >= 11 is 0. The van der Waals surface area contributed by atoms with Crippen molar-refractivity contribution < 1.29 is 9.59 Å². The molecule has 0 radical (unpaired) electrons. The molecule has 1 heterocycles. The van der Waals surface area contributed by atoms with Crippen molar-refractivity contribution in [1.29, 1.82) is 0 Å². The molecule has 1 atom stereocenters. The quantitative estimate of drug-likeness (QED) is 0.895. The third kappa shape index (κ3) is 3.59. The molecule has 1 N–H and O–H groups in total. The molecule has 1 amide bonds. The number of rotatable bonds is 3. The molecule has 102 valence electrons. The first-order valence-corrected chi connectivity index (χ1v) is 6.51. The van der Waals surface area contributed by atoms with Crippen LogP contribution in [0.25, 0.3) is 0 Å². The summed E-state index contributed by atoms with van der Waals surface area (Å²) < 4.78 is 0. The molecule has 1 aliphatic carbocycles. The molecular formula is C14H19N3O2. The number of Topliss-reactive ketones (excluding diaryl/α,β-unsaturated/α-hetero) is 1. The van der Waals surface area contributed by atoms with Gasteiger partial charge in [0.25, 0.3) is 5.91 Å². The van der Waals surface area contributed by atoms with Crippen LogP contribution in [0, 0.1) is 5.92 Å². The zero-order chi connectivity index (χ0) is 14.0. The van der Waals surface area contributed by atoms with Gasteiger partial charge in [-0.25, -0.2) is 9.97 Å². The van der Waals surface area contributed by atoms with Crippen LogP contribution in [-0.4, -0.2) is 27.2 Å². The minimum Gasteiger partial charge on any atom is -0.347 e. The van der Waals surface area contributed by atoms with Gasteiger partial charge in [0.2, 0.25) is 0 Å². The van der Waals surface area contributed by atoms with Crippen molar-refractivity contribution in [3.05, 3.63) is 23.8 Å². The summed E-state index contributed by atoms with van der Waals surface area (Å²) in [5.74, 6) is 0.816. The number of carbonyl (C=O) groups excluding carboxylic acids is 2. The molecule has 1 unspecified atom stereocenters. The van der Waals surface area contributed by atoms with E-state index in [9.17, 15) is 9.59 Å². The maximum Gasteiger partial charge on any atom is 0.254 e. The average Bonchev–Trinajstić information content (AvgIpc) is 2.33. The number of amides is 1. The Labute approximate surface area is 112 Å². The third-order valence-electron chi connectivity index (χ3n) is 3.08. The monoisotopic (exact) mass is 261 g/mol. The van der Waals surface area contributed by atoms with Crippen molar-refractivity contribution >= 4 is 11.7 Å². The van der Waals surface area contributed by atoms with Gasteiger partial charge in [-0.3, -0.25) is 9.59 Å². The Bertz CT molecular complexity index is 488. The van der Waals surface area contributed by atoms with Gasteiger partial charge in [0.15, 0.2) is 0 Å². The minimum atomic E-state index is -0.284. The van der Waals surface area contributed by atoms with E-state index in [0.717, 1.165) is 6.42 Å². The fraction of sp³-hybridized carbons (Fsp3) is 0.571. The lowest BCUT2D eigenvalue weighted by Gasteiger charge is -2.23. The Morgan fingerprint density at radius 3 is 2.42 bits per heavy atom. The van der Waals surface area contributed by atoms with Gasteiger partial charge < -0.3 is 5.32 Å². The topological polar surface area (TPSA) is 72.0 Å². The molecule has 0 saturated heterocycles. The molecule has 2 rings (SSSR count). The second-order valence-corrected chi connectivity index (χ2v) is 6.00. The van der Waals surface area contributed by atoms with Crippen LogP contribution in [0.3, 0.4) is 0 Å². The van der Waals surface area contributed by atoms with Crippen molar-refractivity contribution in [3.8, 4) is 0 Å². The van der Waals surface area contributed by atoms with Crippen LogP contribution in [0.1, 0.15) is 49.8 Å². The normalized spacial score (nSPS) is 18.9. The molecule has 0 spiro atoms. The van der Waals surface area contributed by atoms with Gasteiger partial charge in [0.1, 0.15) is 11.6 Å². The van der Waals surface area contributed by atoms with E-state index in [1.54, 1.807) is 0 Å². The first kappa shape index (κ1) is 13.6. The molecule has 1 aromatic heterocycles. The first-order valence-electron chi connectivity index (χ1n) is 6.51. The smallest absolute Gasteiger partial charge is 0.254 e. The summed E-state index contributed by atoms with van der Waals surface area (Å²) in [4.78, 5) is 31.4. The lowest BCUT2D eigenvalue weighted by atomic mass is 9.81. The van der Waals surface area contributed by atoms with Crippen molar-refractivity contribution in [1.82, 2.24) is 15.3 Å². The maximum atomic E-state index is 11.9. The van der Waals surface area contributed by atoms with E-state index >= 15 is 0 Å². The molecule has 5 nitrogen and oxygen atoms in total. The van der Waals surface area contributed by atoms with Crippen molar-refractivity contribution in [2.45, 2.75) is 45.6 Å². The van der Waals surface area contributed by atoms with E-state index in [1.807, 2.05) is 20.8 Å². The van der Waals surface area contributed by atoms with E-state index in [4.69, 9.17) is 0 Å². The fourth-order valence-corrected chi connectivity index (χ4v) is 1.89. The van der Waals surface area contributed by atoms with Crippen LogP contribution >= 0.6 is 0 Å². The van der Waals surface area contributed by atoms with Crippen LogP contribution in [0.5, 0.6) is 0 Å². The molecule has 0 bridgehead atoms. The molecule has 1 aromatic rings. The summed E-state index contributed by atoms with van der Waals surface area (Å²) in [5, 5.41) is 2.85. The first-order chi connectivity index (χ1) is 8.85. The van der Waals surface area contributed by atoms with E-state index in [2.05, 4.69) is 15.3 Å². The van der Waals surface area contributed by atoms with E-state index < -0.39 is 0 Å². The van der Waals surface area contributed by atoms with E-state index in [-0.39, 0.29) is 23.1 Å². The van der Waals surface area contributed by atoms with Gasteiger partial charge in [0.05, 0.1) is 5.56 Å². The predicted molar refractivity (Wildman–Crippen MR) is 70.7 cm³/mol. The molecule has 0 aliphatic heterocycles. The second kappa shape index (κ2) is 5.07. The Balaban J connectivity index is 1.98. The highest BCUT2D eigenvalue weighted by atomic mass is 16.1. The van der Waals surface area contributed by atoms with Crippen molar-refractivity contribution in [3.63, 3.8) is 0 Å². The summed E-state index contributed by atoms with van der Waals surface area (Å²) in [7, 11) is 0. The van der Waals surface area contributed by atoms with Gasteiger partial charge in [-0.05, 0) is 27.2 Å². The standard InChI is InChI=1S/C14H19N3O2/c1-14(2,3)17-13(19)10-7-15-12(16-8-10)6-9-4-5-11(9)18/h7-9H,4-6H2,1-3H3,(H,17,19). The molecule has 1 aliphatic rings. The van der Waals surface area contributed by atoms with E-state index in [0.29, 0.717) is 24.2 Å². The van der Waals surface area contributed by atoms with Gasteiger partial charge in [0, 0.05) is 36.7 Å². The van der Waals surface area contributed by atoms with Gasteiger partial charge in [-0.2, -0.15) is 0 Å². The zero-order valence-corrected chi connectivity index (χ0v) is 11.6. The predicted octanol–water partition coefficient (Wildman–Crippen LogP) is 1.53. The molecular weight excluding hydrogens is 242 g/mol. The highest BCUT2D eigenvalue weighted by molar-refractivity contribution is 5.94. The van der Waals surface area contributed by atoms with Gasteiger partial charge in [-0.15, -0.1) is 0 Å². The molecule has 0 aromatic carbocycles. The number of carbonyl (C=O) groups is 2. The van der Waals surface area contributed by atoms with Crippen molar-refractivity contribution in [2.75, 3.05) is 0 Å². The summed E-state index contributed by atoms with van der Waals surface area (Å²) in [6.45, 7) is 5.76. The van der Waals surface area contributed by atoms with Crippen LogP contribution < -0.4 is 5.32 Å². The van der Waals surface area contributed by atoms with Crippen molar-refractivity contribution in [2.24, 2.45) is 5.92 Å². The Kier molecular flexibility index (Phi) is 3.64. The number of aromatic nitrogens is 2. The summed E-state index contributed by atoms with van der Waals surface area (Å²) in [6.07, 6.45) is 5.23. The van der Waals surface area contributed by atoms with E-state index in [1.165, 1.54) is 12.4 Å². The van der Waals surface area contributed by atoms with Crippen LogP contribution in [0.2, 0.25) is 0 Å². The number of nitrogens with zero attached hydrogens (tertiary/aromatic N) is 2. The Morgan fingerprint density at radius 1 is 1.37 bits per heavy atom. The van der Waals surface area contributed by atoms with Gasteiger partial charge in [-0.1, -0.05) is 0 Å². The lowest BCUT2D eigenvalue weighted by molar-refractivity contribution is -0.129. The largest absolute Gasteiger partial charge is 0.347 e. The minimum absolute atomic E-state index is 0.0780. The molecule has 19 heavy (non-hydrogen) atoms. The number of hydrogen-bond acceptors (Lipinski definition) is 4. The SMILES string of the molecule is CC(C)(C)NC(=O)c1cnc(CC2CCC2=O)nc1. The van der Waals surface area contributed by atoms with Crippen LogP contribution in [0.15, 0.2) is 12.4 Å². The highest BCUT2D eigenvalue weighted by Crippen LogP contribution is 2.24. The molecule has 5 heteroatoms. The third-order valence-corrected chi connectivity index (χ3v) is 3.08. The summed E-state index contributed by atoms with van der Waals surface area (Å²) in [5.41, 5.74) is 0.160. The van der Waals surface area contributed by atoms with Crippen LogP contribution in [0.4, 0.5) is 0 Å². The summed E-state index contributed by atoms with van der Waals surface area (Å²) in [6, 6.07) is 0. The molecule has 1 fully saturated rings. The van der Waals surface area contributed by atoms with Gasteiger partial charge >= 0.3 is 0 Å². The number of nitrogens with one attached hydrogen (secondary N) is 1. The molecule has 1 saturated carbocycles. The Hall–Kier alpha value is -1.78. The zero-order valence-electron chi connectivity index (χ0n) is 11.6. The maximum absolute atomic E-state index is 11.9. The Morgan fingerprint density at radius 2 is 2.00 bits per heavy atom. The second-order valence-electron chi connectivity index (χ2n) is 6.00. The average molecular weight is 261 g/mol.